The second-order valence-electron chi connectivity index (χ2n) is 8.28. The number of hydrogen-bond acceptors (Lipinski definition) is 4. The normalized spacial score (nSPS) is 18.0. The number of benzene rings is 1. The van der Waals surface area contributed by atoms with Crippen molar-refractivity contribution in [3.63, 3.8) is 0 Å². The zero-order valence-electron chi connectivity index (χ0n) is 17.0. The minimum atomic E-state index is -0.596. The van der Waals surface area contributed by atoms with Crippen LogP contribution in [-0.2, 0) is 6.54 Å². The molecule has 156 valence electrons. The minimum Gasteiger partial charge on any atom is -0.344 e. The largest absolute Gasteiger partial charge is 0.344 e. The van der Waals surface area contributed by atoms with E-state index >= 15 is 0 Å². The SMILES string of the molecule is N#Cc1cc(F)cc(C(=O)N[C@H]2CCCCn3nc(-c4ccnc(C5CC5)c4)cc32)c1. The van der Waals surface area contributed by atoms with Gasteiger partial charge in [0.25, 0.3) is 5.91 Å². The second-order valence-corrected chi connectivity index (χ2v) is 8.28. The maximum atomic E-state index is 13.8. The quantitative estimate of drug-likeness (QED) is 0.681. The zero-order chi connectivity index (χ0) is 21.4. The number of rotatable bonds is 4. The smallest absolute Gasteiger partial charge is 0.251 e. The molecule has 31 heavy (non-hydrogen) atoms. The molecule has 1 N–H and O–H groups in total. The Morgan fingerprint density at radius 2 is 2.03 bits per heavy atom. The molecule has 0 saturated heterocycles. The van der Waals surface area contributed by atoms with Gasteiger partial charge in [-0.05, 0) is 68.5 Å². The van der Waals surface area contributed by atoms with Crippen molar-refractivity contribution in [2.45, 2.75) is 50.6 Å². The first-order chi connectivity index (χ1) is 15.1. The van der Waals surface area contributed by atoms with Crippen molar-refractivity contribution in [3.8, 4) is 17.3 Å². The molecular formula is C24H22FN5O. The summed E-state index contributed by atoms with van der Waals surface area (Å²) in [7, 11) is 0. The van der Waals surface area contributed by atoms with Gasteiger partial charge in [0.2, 0.25) is 0 Å². The minimum absolute atomic E-state index is 0.127. The summed E-state index contributed by atoms with van der Waals surface area (Å²) in [6, 6.07) is 11.5. The molecule has 7 heteroatoms. The van der Waals surface area contributed by atoms with Gasteiger partial charge in [-0.2, -0.15) is 10.4 Å². The van der Waals surface area contributed by atoms with Crippen molar-refractivity contribution in [1.29, 1.82) is 5.26 Å². The molecular weight excluding hydrogens is 393 g/mol. The van der Waals surface area contributed by atoms with Gasteiger partial charge in [0.15, 0.2) is 0 Å². The summed E-state index contributed by atoms with van der Waals surface area (Å²) in [4.78, 5) is 17.3. The maximum absolute atomic E-state index is 13.8. The molecule has 1 fully saturated rings. The molecule has 0 bridgehead atoms. The van der Waals surface area contributed by atoms with Gasteiger partial charge in [-0.15, -0.1) is 0 Å². The van der Waals surface area contributed by atoms with Crippen LogP contribution in [0.2, 0.25) is 0 Å². The molecule has 1 aromatic carbocycles. The highest BCUT2D eigenvalue weighted by molar-refractivity contribution is 5.94. The first-order valence-corrected chi connectivity index (χ1v) is 10.7. The number of hydrogen-bond donors (Lipinski definition) is 1. The van der Waals surface area contributed by atoms with E-state index in [1.165, 1.54) is 18.9 Å². The summed E-state index contributed by atoms with van der Waals surface area (Å²) in [5, 5.41) is 16.9. The van der Waals surface area contributed by atoms with Gasteiger partial charge in [0, 0.05) is 35.5 Å². The van der Waals surface area contributed by atoms with Crippen molar-refractivity contribution >= 4 is 5.91 Å². The fourth-order valence-corrected chi connectivity index (χ4v) is 4.17. The maximum Gasteiger partial charge on any atom is 0.251 e. The summed E-state index contributed by atoms with van der Waals surface area (Å²) in [5.74, 6) is -0.421. The summed E-state index contributed by atoms with van der Waals surface area (Å²) >= 11 is 0. The van der Waals surface area contributed by atoms with Crippen LogP contribution in [0.1, 0.15) is 71.4 Å². The van der Waals surface area contributed by atoms with E-state index in [1.54, 1.807) is 0 Å². The Labute approximate surface area is 179 Å². The molecule has 1 atom stereocenters. The van der Waals surface area contributed by atoms with E-state index in [0.717, 1.165) is 60.6 Å². The third-order valence-corrected chi connectivity index (χ3v) is 5.95. The molecule has 0 radical (unpaired) electrons. The number of aryl methyl sites for hydroxylation is 1. The zero-order valence-corrected chi connectivity index (χ0v) is 17.0. The second kappa shape index (κ2) is 7.95. The molecule has 6 nitrogen and oxygen atoms in total. The van der Waals surface area contributed by atoms with Crippen LogP contribution in [0.5, 0.6) is 0 Å². The van der Waals surface area contributed by atoms with Crippen molar-refractivity contribution in [2.75, 3.05) is 0 Å². The van der Waals surface area contributed by atoms with Crippen LogP contribution in [0.4, 0.5) is 4.39 Å². The number of halogens is 1. The van der Waals surface area contributed by atoms with Crippen LogP contribution in [0.15, 0.2) is 42.6 Å². The Kier molecular flexibility index (Phi) is 4.99. The van der Waals surface area contributed by atoms with Crippen LogP contribution in [0.25, 0.3) is 11.3 Å². The Hall–Kier alpha value is -3.53. The van der Waals surface area contributed by atoms with E-state index in [2.05, 4.69) is 16.4 Å². The highest BCUT2D eigenvalue weighted by Crippen LogP contribution is 2.40. The number of amides is 1. The predicted octanol–water partition coefficient (Wildman–Crippen LogP) is 4.49. The molecule has 2 aromatic heterocycles. The van der Waals surface area contributed by atoms with E-state index in [9.17, 15) is 9.18 Å². The van der Waals surface area contributed by atoms with Crippen molar-refractivity contribution < 1.29 is 9.18 Å². The van der Waals surface area contributed by atoms with Gasteiger partial charge in [0.05, 0.1) is 29.1 Å². The number of nitrogens with zero attached hydrogens (tertiary/aromatic N) is 4. The standard InChI is InChI=1S/C24H22FN5O/c25-19-10-15(14-26)9-18(11-19)24(31)28-20-3-1-2-8-30-23(20)13-22(29-30)17-6-7-27-21(12-17)16-4-5-16/h6-7,9-13,16,20H,1-5,8H2,(H,28,31)/t20-/m0/s1. The first kappa shape index (κ1) is 19.4. The topological polar surface area (TPSA) is 83.6 Å². The molecule has 1 amide bonds. The van der Waals surface area contributed by atoms with E-state index in [1.807, 2.05) is 29.1 Å². The fourth-order valence-electron chi connectivity index (χ4n) is 4.17. The average Bonchev–Trinajstić information content (AvgIpc) is 3.57. The van der Waals surface area contributed by atoms with Gasteiger partial charge >= 0.3 is 0 Å². The van der Waals surface area contributed by atoms with Crippen molar-refractivity contribution in [1.82, 2.24) is 20.1 Å². The van der Waals surface area contributed by atoms with Crippen LogP contribution < -0.4 is 5.32 Å². The Bertz CT molecular complexity index is 1190. The molecule has 1 saturated carbocycles. The number of pyridine rings is 1. The molecule has 3 heterocycles. The van der Waals surface area contributed by atoms with Gasteiger partial charge in [-0.3, -0.25) is 14.5 Å². The average molecular weight is 415 g/mol. The summed E-state index contributed by atoms with van der Waals surface area (Å²) in [6.45, 7) is 0.792. The predicted molar refractivity (Wildman–Crippen MR) is 113 cm³/mol. The van der Waals surface area contributed by atoms with E-state index in [-0.39, 0.29) is 17.2 Å². The number of nitriles is 1. The molecule has 0 unspecified atom stereocenters. The molecule has 2 aliphatic rings. The first-order valence-electron chi connectivity index (χ1n) is 10.7. The van der Waals surface area contributed by atoms with Crippen LogP contribution in [0, 0.1) is 17.1 Å². The van der Waals surface area contributed by atoms with Crippen LogP contribution in [-0.4, -0.2) is 20.7 Å². The fraction of sp³-hybridized carbons (Fsp3) is 0.333. The molecule has 1 aliphatic carbocycles. The third-order valence-electron chi connectivity index (χ3n) is 5.95. The highest BCUT2D eigenvalue weighted by atomic mass is 19.1. The van der Waals surface area contributed by atoms with E-state index in [4.69, 9.17) is 10.4 Å². The number of carbonyl (C=O) groups is 1. The third kappa shape index (κ3) is 4.06. The lowest BCUT2D eigenvalue weighted by Gasteiger charge is -2.17. The van der Waals surface area contributed by atoms with Gasteiger partial charge < -0.3 is 5.32 Å². The monoisotopic (exact) mass is 415 g/mol. The molecule has 1 aliphatic heterocycles. The lowest BCUT2D eigenvalue weighted by atomic mass is 10.0. The number of aromatic nitrogens is 3. The molecule has 3 aromatic rings. The molecule has 5 rings (SSSR count). The van der Waals surface area contributed by atoms with Gasteiger partial charge in [-0.25, -0.2) is 4.39 Å². The lowest BCUT2D eigenvalue weighted by Crippen LogP contribution is -2.29. The van der Waals surface area contributed by atoms with Crippen LogP contribution >= 0.6 is 0 Å². The van der Waals surface area contributed by atoms with Crippen molar-refractivity contribution in [3.05, 3.63) is 70.9 Å². The van der Waals surface area contributed by atoms with Gasteiger partial charge in [-0.1, -0.05) is 0 Å². The Morgan fingerprint density at radius 3 is 2.84 bits per heavy atom. The number of carbonyl (C=O) groups excluding carboxylic acids is 1. The van der Waals surface area contributed by atoms with Gasteiger partial charge in [0.1, 0.15) is 5.82 Å². The van der Waals surface area contributed by atoms with E-state index in [0.29, 0.717) is 5.92 Å². The Balaban J connectivity index is 1.43. The Morgan fingerprint density at radius 1 is 1.16 bits per heavy atom. The number of fused-ring (bicyclic) bond motifs is 1. The van der Waals surface area contributed by atoms with E-state index < -0.39 is 11.7 Å². The highest BCUT2D eigenvalue weighted by Gasteiger charge is 2.27. The summed E-state index contributed by atoms with van der Waals surface area (Å²) < 4.78 is 15.8. The number of nitrogens with one attached hydrogen (secondary N) is 1. The van der Waals surface area contributed by atoms with Crippen LogP contribution in [0.3, 0.4) is 0 Å². The summed E-state index contributed by atoms with van der Waals surface area (Å²) in [6.07, 6.45) is 6.93. The molecule has 0 spiro atoms. The summed E-state index contributed by atoms with van der Waals surface area (Å²) in [5.41, 5.74) is 4.24. The lowest BCUT2D eigenvalue weighted by molar-refractivity contribution is 0.0933. The van der Waals surface area contributed by atoms with Crippen molar-refractivity contribution in [2.24, 2.45) is 0 Å².